The number of carbonyl (C=O) groups is 2. The number of fused-ring (bicyclic) bond motifs is 2. The maximum atomic E-state index is 13.0. The second-order valence-electron chi connectivity index (χ2n) is 6.25. The minimum atomic E-state index is -1.35. The molecule has 1 amide bonds. The number of carbonyl (C=O) groups excluding carboxylic acids is 1. The van der Waals surface area contributed by atoms with Crippen molar-refractivity contribution in [2.45, 2.75) is 51.6 Å². The fraction of sp³-hybridized carbons (Fsp3) is 0.562. The summed E-state index contributed by atoms with van der Waals surface area (Å²) in [6, 6.07) is -0.0415. The number of carboxylic acids is 1. The molecule has 0 aliphatic carbocycles. The number of nitrogens with zero attached hydrogens (tertiary/aromatic N) is 2. The molecule has 0 radical (unpaired) electrons. The van der Waals surface area contributed by atoms with Crippen LogP contribution in [0.5, 0.6) is 5.75 Å². The summed E-state index contributed by atoms with van der Waals surface area (Å²) in [5, 5.41) is 9.22. The third kappa shape index (κ3) is 2.47. The molecule has 3 atom stereocenters. The third-order valence-electron chi connectivity index (χ3n) is 4.63. The molecule has 1 aromatic rings. The molecular formula is C16H20N2O6. The van der Waals surface area contributed by atoms with E-state index in [4.69, 9.17) is 9.47 Å². The van der Waals surface area contributed by atoms with E-state index in [1.807, 2.05) is 13.8 Å². The second-order valence-corrected chi connectivity index (χ2v) is 6.25. The van der Waals surface area contributed by atoms with E-state index in [2.05, 4.69) is 0 Å². The number of hydrogen-bond donors (Lipinski definition) is 1. The molecule has 0 saturated carbocycles. The molecule has 8 heteroatoms. The van der Waals surface area contributed by atoms with Crippen LogP contribution in [-0.2, 0) is 11.3 Å². The molecule has 130 valence electrons. The van der Waals surface area contributed by atoms with Crippen molar-refractivity contribution in [3.8, 4) is 5.75 Å². The fourth-order valence-corrected chi connectivity index (χ4v) is 3.40. The number of aromatic carboxylic acids is 1. The molecule has 1 fully saturated rings. The fourth-order valence-electron chi connectivity index (χ4n) is 3.40. The molecule has 24 heavy (non-hydrogen) atoms. The van der Waals surface area contributed by atoms with Crippen molar-refractivity contribution in [1.29, 1.82) is 0 Å². The predicted octanol–water partition coefficient (Wildman–Crippen LogP) is 0.924. The molecular weight excluding hydrogens is 316 g/mol. The Morgan fingerprint density at radius 1 is 1.33 bits per heavy atom. The van der Waals surface area contributed by atoms with Gasteiger partial charge in [-0.05, 0) is 26.7 Å². The van der Waals surface area contributed by atoms with E-state index in [0.29, 0.717) is 0 Å². The summed E-state index contributed by atoms with van der Waals surface area (Å²) in [5.74, 6) is -1.96. The summed E-state index contributed by atoms with van der Waals surface area (Å²) in [6.45, 7) is 4.15. The van der Waals surface area contributed by atoms with Crippen molar-refractivity contribution >= 4 is 11.9 Å². The molecule has 8 nitrogen and oxygen atoms in total. The van der Waals surface area contributed by atoms with Crippen LogP contribution in [0.1, 0.15) is 47.5 Å². The summed E-state index contributed by atoms with van der Waals surface area (Å²) < 4.78 is 12.5. The zero-order valence-corrected chi connectivity index (χ0v) is 13.8. The zero-order valence-electron chi connectivity index (χ0n) is 13.8. The average Bonchev–Trinajstić information content (AvgIpc) is 2.66. The van der Waals surface area contributed by atoms with E-state index in [-0.39, 0.29) is 36.0 Å². The smallest absolute Gasteiger partial charge is 0.341 e. The quantitative estimate of drug-likeness (QED) is 0.862. The summed E-state index contributed by atoms with van der Waals surface area (Å²) >= 11 is 0. The first-order chi connectivity index (χ1) is 11.3. The molecule has 0 unspecified atom stereocenters. The van der Waals surface area contributed by atoms with Gasteiger partial charge >= 0.3 is 5.97 Å². The highest BCUT2D eigenvalue weighted by Gasteiger charge is 2.41. The van der Waals surface area contributed by atoms with Crippen LogP contribution in [-0.4, -0.2) is 51.9 Å². The first kappa shape index (κ1) is 16.5. The van der Waals surface area contributed by atoms with Crippen molar-refractivity contribution in [3.05, 3.63) is 27.7 Å². The van der Waals surface area contributed by atoms with Crippen molar-refractivity contribution in [2.75, 3.05) is 7.11 Å². The first-order valence-corrected chi connectivity index (χ1v) is 7.88. The molecule has 1 aromatic heterocycles. The maximum absolute atomic E-state index is 13.0. The Kier molecular flexibility index (Phi) is 4.08. The van der Waals surface area contributed by atoms with Gasteiger partial charge in [0.25, 0.3) is 5.91 Å². The van der Waals surface area contributed by atoms with Gasteiger partial charge in [0.1, 0.15) is 5.56 Å². The number of carboxylic acid groups (broad SMARTS) is 1. The Bertz CT molecular complexity index is 756. The molecule has 3 heterocycles. The van der Waals surface area contributed by atoms with Gasteiger partial charge in [-0.25, -0.2) is 4.79 Å². The number of aromatic nitrogens is 1. The minimum Gasteiger partial charge on any atom is -0.491 e. The maximum Gasteiger partial charge on any atom is 0.341 e. The summed E-state index contributed by atoms with van der Waals surface area (Å²) in [4.78, 5) is 38.2. The van der Waals surface area contributed by atoms with Crippen LogP contribution in [0, 0.1) is 0 Å². The number of methoxy groups -OCH3 is 1. The lowest BCUT2D eigenvalue weighted by Gasteiger charge is -2.39. The standard InChI is InChI=1S/C16H20N2O6/c1-8-4-5-9(2)24-11-7-17-6-10(16(21)22)13(19)14(23-3)12(17)15(20)18(8)11/h6,8-9,11H,4-5,7H2,1-3H3,(H,21,22)/t8-,9+,11-/m1/s1. The molecule has 2 aliphatic rings. The minimum absolute atomic E-state index is 0.00276. The highest BCUT2D eigenvalue weighted by Crippen LogP contribution is 2.30. The molecule has 0 aromatic carbocycles. The lowest BCUT2D eigenvalue weighted by Crippen LogP contribution is -2.53. The van der Waals surface area contributed by atoms with E-state index in [1.165, 1.54) is 17.9 Å². The average molecular weight is 336 g/mol. The SMILES string of the molecule is COc1c2n(cc(C(=O)O)c1=O)C[C@H]1O[C@@H](C)CC[C@@H](C)N1C2=O. The molecule has 0 spiro atoms. The number of ether oxygens (including phenoxy) is 2. The lowest BCUT2D eigenvalue weighted by atomic mass is 10.1. The van der Waals surface area contributed by atoms with E-state index in [9.17, 15) is 19.5 Å². The number of pyridine rings is 1. The topological polar surface area (TPSA) is 98.1 Å². The second kappa shape index (κ2) is 5.94. The van der Waals surface area contributed by atoms with Crippen LogP contribution in [0.2, 0.25) is 0 Å². The van der Waals surface area contributed by atoms with Crippen LogP contribution >= 0.6 is 0 Å². The van der Waals surface area contributed by atoms with Crippen molar-refractivity contribution in [2.24, 2.45) is 0 Å². The van der Waals surface area contributed by atoms with Gasteiger partial charge in [0.2, 0.25) is 5.43 Å². The Balaban J connectivity index is 2.18. The van der Waals surface area contributed by atoms with E-state index < -0.39 is 23.2 Å². The van der Waals surface area contributed by atoms with Crippen LogP contribution in [0.3, 0.4) is 0 Å². The van der Waals surface area contributed by atoms with Crippen LogP contribution in [0.4, 0.5) is 0 Å². The Hall–Kier alpha value is -2.35. The molecule has 1 saturated heterocycles. The largest absolute Gasteiger partial charge is 0.491 e. The van der Waals surface area contributed by atoms with Gasteiger partial charge in [-0.15, -0.1) is 0 Å². The van der Waals surface area contributed by atoms with Crippen LogP contribution < -0.4 is 10.2 Å². The number of rotatable bonds is 2. The van der Waals surface area contributed by atoms with Gasteiger partial charge < -0.3 is 24.0 Å². The molecule has 3 rings (SSSR count). The predicted molar refractivity (Wildman–Crippen MR) is 83.4 cm³/mol. The third-order valence-corrected chi connectivity index (χ3v) is 4.63. The Morgan fingerprint density at radius 2 is 2.04 bits per heavy atom. The number of amides is 1. The summed E-state index contributed by atoms with van der Waals surface area (Å²) in [6.07, 6.45) is 2.32. The van der Waals surface area contributed by atoms with Gasteiger partial charge in [-0.1, -0.05) is 0 Å². The van der Waals surface area contributed by atoms with Gasteiger partial charge in [0.15, 0.2) is 17.7 Å². The van der Waals surface area contributed by atoms with E-state index in [1.54, 1.807) is 4.90 Å². The highest BCUT2D eigenvalue weighted by atomic mass is 16.5. The normalized spacial score (nSPS) is 26.4. The van der Waals surface area contributed by atoms with E-state index >= 15 is 0 Å². The Morgan fingerprint density at radius 3 is 2.67 bits per heavy atom. The van der Waals surface area contributed by atoms with Crippen molar-refractivity contribution in [3.63, 3.8) is 0 Å². The summed E-state index contributed by atoms with van der Waals surface area (Å²) in [7, 11) is 1.26. The molecule has 0 bridgehead atoms. The number of hydrogen-bond acceptors (Lipinski definition) is 5. The highest BCUT2D eigenvalue weighted by molar-refractivity contribution is 5.98. The molecule has 2 aliphatic heterocycles. The van der Waals surface area contributed by atoms with Crippen molar-refractivity contribution < 1.29 is 24.2 Å². The summed E-state index contributed by atoms with van der Waals surface area (Å²) in [5.41, 5.74) is -1.14. The zero-order chi connectivity index (χ0) is 17.6. The Labute approximate surface area is 138 Å². The van der Waals surface area contributed by atoms with Crippen LogP contribution in [0.15, 0.2) is 11.0 Å². The van der Waals surface area contributed by atoms with Gasteiger partial charge in [0.05, 0.1) is 19.8 Å². The van der Waals surface area contributed by atoms with Gasteiger partial charge in [0, 0.05) is 12.2 Å². The molecule has 1 N–H and O–H groups in total. The van der Waals surface area contributed by atoms with Crippen LogP contribution in [0.25, 0.3) is 0 Å². The van der Waals surface area contributed by atoms with Crippen molar-refractivity contribution in [1.82, 2.24) is 9.47 Å². The van der Waals surface area contributed by atoms with E-state index in [0.717, 1.165) is 12.8 Å². The first-order valence-electron chi connectivity index (χ1n) is 7.88. The lowest BCUT2D eigenvalue weighted by molar-refractivity contribution is -0.0875. The van der Waals surface area contributed by atoms with Gasteiger partial charge in [-0.3, -0.25) is 9.59 Å². The van der Waals surface area contributed by atoms with Gasteiger partial charge in [-0.2, -0.15) is 0 Å². The monoisotopic (exact) mass is 336 g/mol.